The van der Waals surface area contributed by atoms with Gasteiger partial charge >= 0.3 is 0 Å². The SMILES string of the molecule is Cc1nccn1Cc1ccc(NC(=O)CC2Sc3ccc(Cl)cc3NC2=O)cc1. The second-order valence-electron chi connectivity index (χ2n) is 6.79. The molecule has 6 nitrogen and oxygen atoms in total. The number of nitrogens with one attached hydrogen (secondary N) is 2. The van der Waals surface area contributed by atoms with E-state index in [1.54, 1.807) is 18.3 Å². The molecule has 4 rings (SSSR count). The maximum Gasteiger partial charge on any atom is 0.238 e. The number of carbonyl (C=O) groups is 2. The number of aryl methyl sites for hydroxylation is 1. The fourth-order valence-corrected chi connectivity index (χ4v) is 4.36. The fourth-order valence-electron chi connectivity index (χ4n) is 3.10. The molecule has 0 fully saturated rings. The number of halogens is 1. The summed E-state index contributed by atoms with van der Waals surface area (Å²) in [4.78, 5) is 29.9. The lowest BCUT2D eigenvalue weighted by molar-refractivity contribution is -0.120. The number of rotatable bonds is 5. The first-order chi connectivity index (χ1) is 14.0. The van der Waals surface area contributed by atoms with Crippen LogP contribution in [-0.2, 0) is 16.1 Å². The van der Waals surface area contributed by atoms with Gasteiger partial charge in [0.25, 0.3) is 0 Å². The Bertz CT molecular complexity index is 1060. The molecule has 2 heterocycles. The summed E-state index contributed by atoms with van der Waals surface area (Å²) in [5, 5.41) is 5.77. The van der Waals surface area contributed by atoms with Crippen LogP contribution in [0.15, 0.2) is 59.8 Å². The van der Waals surface area contributed by atoms with Gasteiger partial charge in [-0.15, -0.1) is 11.8 Å². The van der Waals surface area contributed by atoms with Gasteiger partial charge in [0, 0.05) is 41.0 Å². The van der Waals surface area contributed by atoms with Gasteiger partial charge in [0.1, 0.15) is 5.82 Å². The largest absolute Gasteiger partial charge is 0.331 e. The second kappa shape index (κ2) is 8.31. The van der Waals surface area contributed by atoms with Crippen molar-refractivity contribution in [2.75, 3.05) is 10.6 Å². The second-order valence-corrected chi connectivity index (χ2v) is 8.47. The highest BCUT2D eigenvalue weighted by Gasteiger charge is 2.29. The molecule has 0 saturated heterocycles. The third kappa shape index (κ3) is 4.63. The van der Waals surface area contributed by atoms with Crippen LogP contribution < -0.4 is 10.6 Å². The molecule has 1 atom stereocenters. The minimum atomic E-state index is -0.479. The van der Waals surface area contributed by atoms with Crippen molar-refractivity contribution in [3.63, 3.8) is 0 Å². The van der Waals surface area contributed by atoms with Crippen molar-refractivity contribution in [1.29, 1.82) is 0 Å². The summed E-state index contributed by atoms with van der Waals surface area (Å²) >= 11 is 7.34. The van der Waals surface area contributed by atoms with Crippen molar-refractivity contribution in [3.05, 3.63) is 71.3 Å². The van der Waals surface area contributed by atoms with Crippen LogP contribution in [-0.4, -0.2) is 26.6 Å². The van der Waals surface area contributed by atoms with Crippen molar-refractivity contribution < 1.29 is 9.59 Å². The zero-order valence-corrected chi connectivity index (χ0v) is 17.3. The summed E-state index contributed by atoms with van der Waals surface area (Å²) in [6.45, 7) is 2.68. The highest BCUT2D eigenvalue weighted by Crippen LogP contribution is 2.38. The highest BCUT2D eigenvalue weighted by molar-refractivity contribution is 8.01. The molecular formula is C21H19ClN4O2S. The smallest absolute Gasteiger partial charge is 0.238 e. The van der Waals surface area contributed by atoms with Crippen LogP contribution in [0.2, 0.25) is 5.02 Å². The number of hydrogen-bond donors (Lipinski definition) is 2. The molecule has 0 radical (unpaired) electrons. The van der Waals surface area contributed by atoms with Crippen LogP contribution in [0.1, 0.15) is 17.8 Å². The molecule has 1 unspecified atom stereocenters. The Kier molecular flexibility index (Phi) is 5.60. The number of benzene rings is 2. The summed E-state index contributed by atoms with van der Waals surface area (Å²) in [5.74, 6) is 0.564. The van der Waals surface area contributed by atoms with Gasteiger partial charge in [0.05, 0.1) is 10.9 Å². The minimum absolute atomic E-state index is 0.0918. The molecule has 0 saturated carbocycles. The number of amides is 2. The number of nitrogens with zero attached hydrogens (tertiary/aromatic N) is 2. The predicted molar refractivity (Wildman–Crippen MR) is 115 cm³/mol. The van der Waals surface area contributed by atoms with E-state index in [2.05, 4.69) is 20.2 Å². The van der Waals surface area contributed by atoms with E-state index < -0.39 is 5.25 Å². The van der Waals surface area contributed by atoms with Crippen molar-refractivity contribution in [1.82, 2.24) is 9.55 Å². The van der Waals surface area contributed by atoms with Crippen molar-refractivity contribution in [2.45, 2.75) is 30.0 Å². The summed E-state index contributed by atoms with van der Waals surface area (Å²) in [6, 6.07) is 13.0. The van der Waals surface area contributed by atoms with Gasteiger partial charge in [0.2, 0.25) is 11.8 Å². The Morgan fingerprint density at radius 3 is 2.79 bits per heavy atom. The maximum absolute atomic E-state index is 12.4. The maximum atomic E-state index is 12.4. The minimum Gasteiger partial charge on any atom is -0.331 e. The number of carbonyl (C=O) groups excluding carboxylic acids is 2. The molecule has 3 aromatic rings. The lowest BCUT2D eigenvalue weighted by Gasteiger charge is -2.23. The number of aromatic nitrogens is 2. The molecule has 8 heteroatoms. The molecule has 0 aliphatic carbocycles. The molecule has 0 bridgehead atoms. The van der Waals surface area contributed by atoms with Gasteiger partial charge in [-0.3, -0.25) is 9.59 Å². The summed E-state index contributed by atoms with van der Waals surface area (Å²) in [7, 11) is 0. The van der Waals surface area contributed by atoms with Gasteiger partial charge in [-0.1, -0.05) is 23.7 Å². The molecule has 2 aromatic carbocycles. The van der Waals surface area contributed by atoms with E-state index in [0.29, 0.717) is 16.4 Å². The first kappa shape index (κ1) is 19.5. The van der Waals surface area contributed by atoms with Crippen molar-refractivity contribution >= 4 is 46.6 Å². The van der Waals surface area contributed by atoms with E-state index in [4.69, 9.17) is 11.6 Å². The number of anilines is 2. The fraction of sp³-hybridized carbons (Fsp3) is 0.190. The molecule has 29 heavy (non-hydrogen) atoms. The predicted octanol–water partition coefficient (Wildman–Crippen LogP) is 4.33. The topological polar surface area (TPSA) is 76.0 Å². The molecule has 1 aromatic heterocycles. The van der Waals surface area contributed by atoms with Gasteiger partial charge < -0.3 is 15.2 Å². The first-order valence-corrected chi connectivity index (χ1v) is 10.4. The Hall–Kier alpha value is -2.77. The van der Waals surface area contributed by atoms with E-state index in [-0.39, 0.29) is 18.2 Å². The Morgan fingerprint density at radius 1 is 1.28 bits per heavy atom. The third-order valence-corrected chi connectivity index (χ3v) is 6.16. The Balaban J connectivity index is 1.35. The molecule has 1 aliphatic rings. The molecule has 2 N–H and O–H groups in total. The van der Waals surface area contributed by atoms with Crippen LogP contribution in [0.25, 0.3) is 0 Å². The zero-order valence-electron chi connectivity index (χ0n) is 15.7. The summed E-state index contributed by atoms with van der Waals surface area (Å²) < 4.78 is 2.05. The van der Waals surface area contributed by atoms with Gasteiger partial charge in [-0.25, -0.2) is 4.98 Å². The Morgan fingerprint density at radius 2 is 2.07 bits per heavy atom. The number of imidazole rings is 1. The lowest BCUT2D eigenvalue weighted by atomic mass is 10.2. The Labute approximate surface area is 177 Å². The van der Waals surface area contributed by atoms with Gasteiger partial charge in [-0.05, 0) is 42.8 Å². The van der Waals surface area contributed by atoms with E-state index in [9.17, 15) is 9.59 Å². The van der Waals surface area contributed by atoms with Crippen molar-refractivity contribution in [2.24, 2.45) is 0 Å². The molecule has 148 valence electrons. The molecular weight excluding hydrogens is 408 g/mol. The van der Waals surface area contributed by atoms with E-state index in [0.717, 1.165) is 22.8 Å². The van der Waals surface area contributed by atoms with Crippen LogP contribution in [0.4, 0.5) is 11.4 Å². The highest BCUT2D eigenvalue weighted by atomic mass is 35.5. The lowest BCUT2D eigenvalue weighted by Crippen LogP contribution is -2.32. The van der Waals surface area contributed by atoms with E-state index >= 15 is 0 Å². The van der Waals surface area contributed by atoms with E-state index in [1.807, 2.05) is 43.5 Å². The molecule has 1 aliphatic heterocycles. The number of fused-ring (bicyclic) bond motifs is 1. The zero-order chi connectivity index (χ0) is 20.4. The van der Waals surface area contributed by atoms with Crippen LogP contribution in [0, 0.1) is 6.92 Å². The number of hydrogen-bond acceptors (Lipinski definition) is 4. The standard InChI is InChI=1S/C21H19ClN4O2S/c1-13-23-8-9-26(13)12-14-2-5-16(6-3-14)24-20(27)11-19-21(28)25-17-10-15(22)4-7-18(17)29-19/h2-10,19H,11-12H2,1H3,(H,24,27)(H,25,28). The van der Waals surface area contributed by atoms with Crippen molar-refractivity contribution in [3.8, 4) is 0 Å². The third-order valence-electron chi connectivity index (χ3n) is 4.65. The molecule has 0 spiro atoms. The van der Waals surface area contributed by atoms with Crippen LogP contribution in [0.3, 0.4) is 0 Å². The average molecular weight is 427 g/mol. The van der Waals surface area contributed by atoms with Crippen LogP contribution >= 0.6 is 23.4 Å². The van der Waals surface area contributed by atoms with Gasteiger partial charge in [0.15, 0.2) is 0 Å². The quantitative estimate of drug-likeness (QED) is 0.636. The number of thioether (sulfide) groups is 1. The van der Waals surface area contributed by atoms with Gasteiger partial charge in [-0.2, -0.15) is 0 Å². The normalized spacial score (nSPS) is 15.5. The summed E-state index contributed by atoms with van der Waals surface area (Å²) in [5.41, 5.74) is 2.50. The monoisotopic (exact) mass is 426 g/mol. The van der Waals surface area contributed by atoms with Crippen LogP contribution in [0.5, 0.6) is 0 Å². The molecule has 2 amide bonds. The summed E-state index contributed by atoms with van der Waals surface area (Å²) in [6.07, 6.45) is 3.80. The first-order valence-electron chi connectivity index (χ1n) is 9.11. The van der Waals surface area contributed by atoms with E-state index in [1.165, 1.54) is 11.8 Å². The average Bonchev–Trinajstić information content (AvgIpc) is 3.09.